The molecule has 112 valence electrons. The summed E-state index contributed by atoms with van der Waals surface area (Å²) >= 11 is 0. The van der Waals surface area contributed by atoms with Crippen molar-refractivity contribution in [2.75, 3.05) is 0 Å². The summed E-state index contributed by atoms with van der Waals surface area (Å²) in [6.45, 7) is 5.51. The molecule has 0 saturated carbocycles. The minimum atomic E-state index is -0.278. The first-order valence-corrected chi connectivity index (χ1v) is 8.02. The molecule has 0 aliphatic heterocycles. The van der Waals surface area contributed by atoms with Crippen LogP contribution in [0, 0.1) is 0 Å². The van der Waals surface area contributed by atoms with E-state index in [1.165, 1.54) is 11.1 Å². The zero-order chi connectivity index (χ0) is 14.9. The van der Waals surface area contributed by atoms with Crippen LogP contribution in [-0.2, 0) is 18.5 Å². The van der Waals surface area contributed by atoms with Gasteiger partial charge in [0.2, 0.25) is 0 Å². The number of hydrogen-bond acceptors (Lipinski definition) is 2. The molecule has 1 aliphatic carbocycles. The molecule has 21 heavy (non-hydrogen) atoms. The normalized spacial score (nSPS) is 24.8. The molecular weight excluding hydrogens is 258 g/mol. The molecule has 3 rings (SSSR count). The number of hydrogen-bond donors (Lipinski definition) is 1. The number of rotatable bonds is 4. The molecule has 0 saturated heterocycles. The first kappa shape index (κ1) is 14.3. The van der Waals surface area contributed by atoms with Crippen LogP contribution >= 0.6 is 0 Å². The maximum atomic E-state index is 6.84. The number of imidazole rings is 1. The van der Waals surface area contributed by atoms with Crippen molar-refractivity contribution < 1.29 is 0 Å². The van der Waals surface area contributed by atoms with E-state index in [1.54, 1.807) is 0 Å². The SMILES string of the molecule is CCCn1ccnc1CC1(N)CCC(C)c2ccccc21. The Kier molecular flexibility index (Phi) is 3.85. The summed E-state index contributed by atoms with van der Waals surface area (Å²) in [5.41, 5.74) is 9.29. The van der Waals surface area contributed by atoms with Crippen molar-refractivity contribution in [3.8, 4) is 0 Å². The summed E-state index contributed by atoms with van der Waals surface area (Å²) < 4.78 is 2.25. The maximum Gasteiger partial charge on any atom is 0.110 e. The molecular formula is C18H25N3. The van der Waals surface area contributed by atoms with Gasteiger partial charge in [-0.3, -0.25) is 0 Å². The molecule has 2 N–H and O–H groups in total. The van der Waals surface area contributed by atoms with Crippen molar-refractivity contribution in [3.05, 3.63) is 53.6 Å². The highest BCUT2D eigenvalue weighted by Crippen LogP contribution is 2.41. The fourth-order valence-corrected chi connectivity index (χ4v) is 3.56. The number of aromatic nitrogens is 2. The third-order valence-electron chi connectivity index (χ3n) is 4.79. The Hall–Kier alpha value is -1.61. The summed E-state index contributed by atoms with van der Waals surface area (Å²) in [6.07, 6.45) is 8.09. The van der Waals surface area contributed by atoms with Crippen LogP contribution in [0.15, 0.2) is 36.7 Å². The average Bonchev–Trinajstić information content (AvgIpc) is 2.91. The number of nitrogens with zero attached hydrogens (tertiary/aromatic N) is 2. The van der Waals surface area contributed by atoms with Crippen LogP contribution < -0.4 is 5.73 Å². The highest BCUT2D eigenvalue weighted by Gasteiger charge is 2.36. The van der Waals surface area contributed by atoms with Gasteiger partial charge >= 0.3 is 0 Å². The molecule has 0 amide bonds. The van der Waals surface area contributed by atoms with Gasteiger partial charge in [-0.05, 0) is 36.3 Å². The van der Waals surface area contributed by atoms with Crippen molar-refractivity contribution in [1.82, 2.24) is 9.55 Å². The first-order valence-electron chi connectivity index (χ1n) is 8.02. The van der Waals surface area contributed by atoms with E-state index in [0.29, 0.717) is 5.92 Å². The molecule has 2 atom stereocenters. The molecule has 0 radical (unpaired) electrons. The third kappa shape index (κ3) is 2.62. The van der Waals surface area contributed by atoms with Crippen LogP contribution in [0.3, 0.4) is 0 Å². The van der Waals surface area contributed by atoms with E-state index >= 15 is 0 Å². The lowest BCUT2D eigenvalue weighted by molar-refractivity contribution is 0.338. The molecule has 0 bridgehead atoms. The monoisotopic (exact) mass is 283 g/mol. The number of aryl methyl sites for hydroxylation is 1. The molecule has 1 heterocycles. The van der Waals surface area contributed by atoms with Crippen LogP contribution in [0.5, 0.6) is 0 Å². The van der Waals surface area contributed by atoms with Crippen molar-refractivity contribution in [3.63, 3.8) is 0 Å². The van der Waals surface area contributed by atoms with Crippen LogP contribution in [0.25, 0.3) is 0 Å². The Labute approximate surface area is 127 Å². The second-order valence-electron chi connectivity index (χ2n) is 6.40. The molecule has 3 nitrogen and oxygen atoms in total. The molecule has 0 spiro atoms. The van der Waals surface area contributed by atoms with E-state index in [2.05, 4.69) is 53.9 Å². The van der Waals surface area contributed by atoms with Gasteiger partial charge in [0.05, 0.1) is 0 Å². The van der Waals surface area contributed by atoms with Gasteiger partial charge in [-0.25, -0.2) is 4.98 Å². The molecule has 2 unspecified atom stereocenters. The Bertz CT molecular complexity index is 616. The highest BCUT2D eigenvalue weighted by molar-refractivity contribution is 5.39. The lowest BCUT2D eigenvalue weighted by Gasteiger charge is -2.38. The maximum absolute atomic E-state index is 6.84. The zero-order valence-electron chi connectivity index (χ0n) is 13.0. The predicted molar refractivity (Wildman–Crippen MR) is 86.2 cm³/mol. The summed E-state index contributed by atoms with van der Waals surface area (Å²) in [5, 5.41) is 0. The van der Waals surface area contributed by atoms with E-state index in [4.69, 9.17) is 5.73 Å². The summed E-state index contributed by atoms with van der Waals surface area (Å²) in [6, 6.07) is 8.67. The quantitative estimate of drug-likeness (QED) is 0.932. The van der Waals surface area contributed by atoms with E-state index in [9.17, 15) is 0 Å². The van der Waals surface area contributed by atoms with Gasteiger partial charge in [0.25, 0.3) is 0 Å². The van der Waals surface area contributed by atoms with Gasteiger partial charge < -0.3 is 10.3 Å². The van der Waals surface area contributed by atoms with E-state index < -0.39 is 0 Å². The van der Waals surface area contributed by atoms with Crippen molar-refractivity contribution in [1.29, 1.82) is 0 Å². The van der Waals surface area contributed by atoms with Gasteiger partial charge in [0, 0.05) is 30.9 Å². The Morgan fingerprint density at radius 2 is 2.19 bits per heavy atom. The summed E-state index contributed by atoms with van der Waals surface area (Å²) in [7, 11) is 0. The lowest BCUT2D eigenvalue weighted by Crippen LogP contribution is -2.43. The summed E-state index contributed by atoms with van der Waals surface area (Å²) in [5.74, 6) is 1.72. The molecule has 0 fully saturated rings. The second kappa shape index (κ2) is 5.64. The molecule has 1 aromatic carbocycles. The highest BCUT2D eigenvalue weighted by atomic mass is 15.1. The smallest absolute Gasteiger partial charge is 0.110 e. The van der Waals surface area contributed by atoms with Gasteiger partial charge in [-0.2, -0.15) is 0 Å². The number of fused-ring (bicyclic) bond motifs is 1. The van der Waals surface area contributed by atoms with Gasteiger partial charge in [-0.1, -0.05) is 38.1 Å². The van der Waals surface area contributed by atoms with E-state index in [-0.39, 0.29) is 5.54 Å². The Morgan fingerprint density at radius 3 is 3.00 bits per heavy atom. The minimum Gasteiger partial charge on any atom is -0.335 e. The Morgan fingerprint density at radius 1 is 1.38 bits per heavy atom. The predicted octanol–water partition coefficient (Wildman–Crippen LogP) is 3.59. The molecule has 1 aromatic heterocycles. The van der Waals surface area contributed by atoms with E-state index in [1.807, 2.05) is 6.20 Å². The Balaban J connectivity index is 1.94. The molecule has 1 aliphatic rings. The van der Waals surface area contributed by atoms with E-state index in [0.717, 1.165) is 38.1 Å². The van der Waals surface area contributed by atoms with Crippen molar-refractivity contribution in [2.24, 2.45) is 5.73 Å². The van der Waals surface area contributed by atoms with Crippen LogP contribution in [0.2, 0.25) is 0 Å². The second-order valence-corrected chi connectivity index (χ2v) is 6.40. The lowest BCUT2D eigenvalue weighted by atomic mass is 9.71. The first-order chi connectivity index (χ1) is 10.1. The fraction of sp³-hybridized carbons (Fsp3) is 0.500. The van der Waals surface area contributed by atoms with Gasteiger partial charge in [-0.15, -0.1) is 0 Å². The number of nitrogens with two attached hydrogens (primary N) is 1. The van der Waals surface area contributed by atoms with Crippen LogP contribution in [0.1, 0.15) is 56.0 Å². The average molecular weight is 283 g/mol. The van der Waals surface area contributed by atoms with Crippen LogP contribution in [0.4, 0.5) is 0 Å². The van der Waals surface area contributed by atoms with Crippen molar-refractivity contribution in [2.45, 2.75) is 57.5 Å². The summed E-state index contributed by atoms with van der Waals surface area (Å²) in [4.78, 5) is 4.55. The van der Waals surface area contributed by atoms with Crippen molar-refractivity contribution >= 4 is 0 Å². The molecule has 2 aromatic rings. The zero-order valence-corrected chi connectivity index (χ0v) is 13.0. The van der Waals surface area contributed by atoms with Gasteiger partial charge in [0.15, 0.2) is 0 Å². The topological polar surface area (TPSA) is 43.8 Å². The van der Waals surface area contributed by atoms with Gasteiger partial charge in [0.1, 0.15) is 5.82 Å². The standard InChI is InChI=1S/C18H25N3/c1-3-11-21-12-10-20-17(21)13-18(19)9-8-14(2)15-6-4-5-7-16(15)18/h4-7,10,12,14H,3,8-9,11,13,19H2,1-2H3. The number of benzene rings is 1. The minimum absolute atomic E-state index is 0.278. The molecule has 3 heteroatoms. The van der Waals surface area contributed by atoms with Crippen LogP contribution in [-0.4, -0.2) is 9.55 Å². The largest absolute Gasteiger partial charge is 0.335 e. The third-order valence-corrected chi connectivity index (χ3v) is 4.79. The fourth-order valence-electron chi connectivity index (χ4n) is 3.56.